The summed E-state index contributed by atoms with van der Waals surface area (Å²) in [7, 11) is 1.60. The monoisotopic (exact) mass is 305 g/mol. The molecule has 2 rings (SSSR count). The molecule has 0 N–H and O–H groups in total. The zero-order valence-corrected chi connectivity index (χ0v) is 13.2. The third kappa shape index (κ3) is 4.00. The molecule has 1 aromatic rings. The van der Waals surface area contributed by atoms with Crippen LogP contribution in [0.25, 0.3) is 0 Å². The van der Waals surface area contributed by atoms with Gasteiger partial charge in [-0.1, -0.05) is 18.2 Å². The number of likely N-dealkylation sites (tertiary alicyclic amines) is 1. The fraction of sp³-hybridized carbons (Fsp3) is 0.529. The van der Waals surface area contributed by atoms with E-state index in [2.05, 4.69) is 0 Å². The smallest absolute Gasteiger partial charge is 0.310 e. The lowest BCUT2D eigenvalue weighted by atomic mass is 9.97. The maximum absolute atomic E-state index is 12.5. The summed E-state index contributed by atoms with van der Waals surface area (Å²) in [6.07, 6.45) is 1.91. The van der Waals surface area contributed by atoms with Gasteiger partial charge in [-0.25, -0.2) is 0 Å². The topological polar surface area (TPSA) is 55.8 Å². The predicted octanol–water partition coefficient (Wildman–Crippen LogP) is 2.04. The minimum Gasteiger partial charge on any atom is -0.496 e. The van der Waals surface area contributed by atoms with Gasteiger partial charge in [-0.05, 0) is 25.8 Å². The number of nitrogens with zero attached hydrogens (tertiary/aromatic N) is 1. The quantitative estimate of drug-likeness (QED) is 0.781. The zero-order valence-electron chi connectivity index (χ0n) is 13.2. The summed E-state index contributed by atoms with van der Waals surface area (Å²) in [6.45, 7) is 3.33. The Bertz CT molecular complexity index is 529. The molecule has 1 amide bonds. The number of amides is 1. The van der Waals surface area contributed by atoms with Crippen molar-refractivity contribution >= 4 is 11.9 Å². The molecule has 0 spiro atoms. The van der Waals surface area contributed by atoms with Crippen LogP contribution in [0, 0.1) is 5.92 Å². The van der Waals surface area contributed by atoms with E-state index in [9.17, 15) is 9.59 Å². The number of benzene rings is 1. The number of esters is 1. The maximum atomic E-state index is 12.5. The lowest BCUT2D eigenvalue weighted by Gasteiger charge is -2.31. The maximum Gasteiger partial charge on any atom is 0.310 e. The molecule has 0 bridgehead atoms. The molecule has 1 saturated heterocycles. The molecule has 0 aliphatic carbocycles. The van der Waals surface area contributed by atoms with Crippen LogP contribution in [0.1, 0.15) is 25.3 Å². The second-order valence-corrected chi connectivity index (χ2v) is 5.42. The van der Waals surface area contributed by atoms with Gasteiger partial charge >= 0.3 is 5.97 Å². The van der Waals surface area contributed by atoms with Crippen LogP contribution in [-0.2, 0) is 20.7 Å². The Labute approximate surface area is 131 Å². The van der Waals surface area contributed by atoms with E-state index in [1.807, 2.05) is 24.3 Å². The number of ether oxygens (including phenoxy) is 2. The van der Waals surface area contributed by atoms with Crippen molar-refractivity contribution in [3.05, 3.63) is 29.8 Å². The summed E-state index contributed by atoms with van der Waals surface area (Å²) in [4.78, 5) is 26.1. The van der Waals surface area contributed by atoms with E-state index in [4.69, 9.17) is 9.47 Å². The van der Waals surface area contributed by atoms with E-state index in [0.717, 1.165) is 24.2 Å². The van der Waals surface area contributed by atoms with Crippen molar-refractivity contribution in [2.45, 2.75) is 26.2 Å². The number of para-hydroxylation sites is 1. The first-order valence-corrected chi connectivity index (χ1v) is 7.72. The van der Waals surface area contributed by atoms with Crippen molar-refractivity contribution in [3.8, 4) is 5.75 Å². The lowest BCUT2D eigenvalue weighted by Crippen LogP contribution is -2.43. The van der Waals surface area contributed by atoms with Crippen LogP contribution in [0.15, 0.2) is 24.3 Å². The first-order valence-electron chi connectivity index (χ1n) is 7.72. The molecule has 1 fully saturated rings. The second-order valence-electron chi connectivity index (χ2n) is 5.42. The number of carbonyl (C=O) groups excluding carboxylic acids is 2. The highest BCUT2D eigenvalue weighted by Crippen LogP contribution is 2.22. The number of rotatable bonds is 5. The van der Waals surface area contributed by atoms with Crippen LogP contribution >= 0.6 is 0 Å². The van der Waals surface area contributed by atoms with Gasteiger partial charge in [0.1, 0.15) is 5.75 Å². The first-order chi connectivity index (χ1) is 10.7. The molecule has 1 heterocycles. The Balaban J connectivity index is 1.98. The molecular formula is C17H23NO4. The van der Waals surface area contributed by atoms with Crippen molar-refractivity contribution in [3.63, 3.8) is 0 Å². The molecule has 5 nitrogen and oxygen atoms in total. The van der Waals surface area contributed by atoms with Crippen molar-refractivity contribution in [1.82, 2.24) is 4.90 Å². The molecule has 1 aromatic carbocycles. The van der Waals surface area contributed by atoms with Gasteiger partial charge in [-0.15, -0.1) is 0 Å². The number of hydrogen-bond acceptors (Lipinski definition) is 4. The SMILES string of the molecule is CCOC(=O)[C@@H]1CCCN(C(=O)Cc2ccccc2OC)C1. The van der Waals surface area contributed by atoms with Crippen LogP contribution < -0.4 is 4.74 Å². The molecule has 0 aromatic heterocycles. The van der Waals surface area contributed by atoms with Crippen molar-refractivity contribution in [1.29, 1.82) is 0 Å². The van der Waals surface area contributed by atoms with E-state index in [1.54, 1.807) is 18.9 Å². The average Bonchev–Trinajstić information content (AvgIpc) is 2.55. The summed E-state index contributed by atoms with van der Waals surface area (Å²) in [5.41, 5.74) is 0.869. The Morgan fingerprint density at radius 2 is 2.09 bits per heavy atom. The van der Waals surface area contributed by atoms with Crippen molar-refractivity contribution in [2.75, 3.05) is 26.8 Å². The van der Waals surface area contributed by atoms with E-state index in [1.165, 1.54) is 0 Å². The van der Waals surface area contributed by atoms with E-state index in [0.29, 0.717) is 26.1 Å². The predicted molar refractivity (Wildman–Crippen MR) is 82.6 cm³/mol. The molecule has 1 atom stereocenters. The third-order valence-electron chi connectivity index (χ3n) is 3.93. The van der Waals surface area contributed by atoms with E-state index < -0.39 is 0 Å². The molecule has 0 saturated carbocycles. The van der Waals surface area contributed by atoms with E-state index in [-0.39, 0.29) is 17.8 Å². The van der Waals surface area contributed by atoms with Gasteiger partial charge in [0.05, 0.1) is 26.1 Å². The molecule has 1 aliphatic heterocycles. The Morgan fingerprint density at radius 1 is 1.32 bits per heavy atom. The Kier molecular flexibility index (Phi) is 5.81. The largest absolute Gasteiger partial charge is 0.496 e. The van der Waals surface area contributed by atoms with Crippen LogP contribution in [0.2, 0.25) is 0 Å². The normalized spacial score (nSPS) is 17.9. The number of methoxy groups -OCH3 is 1. The van der Waals surface area contributed by atoms with Gasteiger partial charge in [-0.3, -0.25) is 9.59 Å². The van der Waals surface area contributed by atoms with Crippen LogP contribution in [0.5, 0.6) is 5.75 Å². The average molecular weight is 305 g/mol. The summed E-state index contributed by atoms with van der Waals surface area (Å²) >= 11 is 0. The molecule has 1 aliphatic rings. The van der Waals surface area contributed by atoms with Gasteiger partial charge in [0.25, 0.3) is 0 Å². The van der Waals surface area contributed by atoms with E-state index >= 15 is 0 Å². The summed E-state index contributed by atoms with van der Waals surface area (Å²) in [6, 6.07) is 7.51. The number of carbonyl (C=O) groups is 2. The van der Waals surface area contributed by atoms with Gasteiger partial charge in [-0.2, -0.15) is 0 Å². The fourth-order valence-electron chi connectivity index (χ4n) is 2.78. The highest BCUT2D eigenvalue weighted by atomic mass is 16.5. The fourth-order valence-corrected chi connectivity index (χ4v) is 2.78. The highest BCUT2D eigenvalue weighted by Gasteiger charge is 2.29. The minimum atomic E-state index is -0.199. The lowest BCUT2D eigenvalue weighted by molar-refractivity contribution is -0.151. The summed E-state index contributed by atoms with van der Waals surface area (Å²) in [5, 5.41) is 0. The molecule has 0 unspecified atom stereocenters. The molecule has 22 heavy (non-hydrogen) atoms. The van der Waals surface area contributed by atoms with Crippen LogP contribution in [0.3, 0.4) is 0 Å². The van der Waals surface area contributed by atoms with Gasteiger partial charge < -0.3 is 14.4 Å². The highest BCUT2D eigenvalue weighted by molar-refractivity contribution is 5.81. The van der Waals surface area contributed by atoms with Gasteiger partial charge in [0.2, 0.25) is 5.91 Å². The Morgan fingerprint density at radius 3 is 2.82 bits per heavy atom. The van der Waals surface area contributed by atoms with Crippen molar-refractivity contribution in [2.24, 2.45) is 5.92 Å². The minimum absolute atomic E-state index is 0.0264. The first kappa shape index (κ1) is 16.3. The summed E-state index contributed by atoms with van der Waals surface area (Å²) < 4.78 is 10.3. The Hall–Kier alpha value is -2.04. The molecule has 0 radical (unpaired) electrons. The van der Waals surface area contributed by atoms with Crippen LogP contribution in [-0.4, -0.2) is 43.6 Å². The van der Waals surface area contributed by atoms with Gasteiger partial charge in [0.15, 0.2) is 0 Å². The zero-order chi connectivity index (χ0) is 15.9. The third-order valence-corrected chi connectivity index (χ3v) is 3.93. The standard InChI is InChI=1S/C17H23NO4/c1-3-22-17(20)14-8-6-10-18(12-14)16(19)11-13-7-4-5-9-15(13)21-2/h4-5,7,9,14H,3,6,8,10-12H2,1-2H3/t14-/m1/s1. The number of hydrogen-bond donors (Lipinski definition) is 0. The molecular weight excluding hydrogens is 282 g/mol. The second kappa shape index (κ2) is 7.82. The van der Waals surface area contributed by atoms with Gasteiger partial charge in [0, 0.05) is 18.7 Å². The van der Waals surface area contributed by atoms with Crippen molar-refractivity contribution < 1.29 is 19.1 Å². The van der Waals surface area contributed by atoms with Crippen LogP contribution in [0.4, 0.5) is 0 Å². The molecule has 5 heteroatoms. The molecule has 120 valence electrons. The number of piperidine rings is 1. The summed E-state index contributed by atoms with van der Waals surface area (Å²) in [5.74, 6) is 0.348.